The number of carbonyl (C=O) groups excluding carboxylic acids is 1. The second-order valence-electron chi connectivity index (χ2n) is 6.58. The van der Waals surface area contributed by atoms with E-state index in [1.807, 2.05) is 53.4 Å². The van der Waals surface area contributed by atoms with Gasteiger partial charge in [-0.25, -0.2) is 4.79 Å². The maximum absolute atomic E-state index is 12.7. The first-order chi connectivity index (χ1) is 12.7. The number of hydrogen-bond acceptors (Lipinski definition) is 3. The molecule has 1 saturated heterocycles. The third-order valence-electron chi connectivity index (χ3n) is 4.83. The van der Waals surface area contributed by atoms with Gasteiger partial charge < -0.3 is 9.47 Å². The van der Waals surface area contributed by atoms with Crippen molar-refractivity contribution in [2.45, 2.75) is 25.1 Å². The summed E-state index contributed by atoms with van der Waals surface area (Å²) in [5.74, 6) is 0. The minimum Gasteiger partial charge on any atom is -0.445 e. The summed E-state index contributed by atoms with van der Waals surface area (Å²) in [7, 11) is 0. The molecular formula is C21H20BrNO3. The molecule has 2 aromatic carbocycles. The Balaban J connectivity index is 1.51. The molecule has 2 heterocycles. The maximum atomic E-state index is 12.7. The highest BCUT2D eigenvalue weighted by molar-refractivity contribution is 9.10. The summed E-state index contributed by atoms with van der Waals surface area (Å²) in [5, 5.41) is 0. The number of morpholine rings is 1. The van der Waals surface area contributed by atoms with Crippen molar-refractivity contribution in [2.24, 2.45) is 0 Å². The molecule has 2 bridgehead atoms. The molecule has 0 N–H and O–H groups in total. The van der Waals surface area contributed by atoms with Gasteiger partial charge in [-0.15, -0.1) is 0 Å². The van der Waals surface area contributed by atoms with Crippen LogP contribution in [-0.4, -0.2) is 36.3 Å². The first-order valence-electron chi connectivity index (χ1n) is 8.75. The number of rotatable bonds is 3. The standard InChI is InChI=1S/C21H20BrNO3/c22-20-9-5-4-8-19(20)16-10-17-13-25-14-18(11-16)23(17)21(24)26-12-15-6-2-1-3-7-15/h1-10,17-18H,11-14H2. The van der Waals surface area contributed by atoms with E-state index in [2.05, 4.69) is 28.1 Å². The highest BCUT2D eigenvalue weighted by Crippen LogP contribution is 2.35. The molecule has 4 rings (SSSR count). The van der Waals surface area contributed by atoms with Crippen LogP contribution in [0.15, 0.2) is 65.1 Å². The summed E-state index contributed by atoms with van der Waals surface area (Å²) in [6, 6.07) is 17.9. The molecular weight excluding hydrogens is 394 g/mol. The topological polar surface area (TPSA) is 38.8 Å². The quantitative estimate of drug-likeness (QED) is 0.735. The monoisotopic (exact) mass is 413 g/mol. The fourth-order valence-electron chi connectivity index (χ4n) is 3.60. The average Bonchev–Trinajstić information content (AvgIpc) is 2.66. The van der Waals surface area contributed by atoms with Gasteiger partial charge in [-0.2, -0.15) is 0 Å². The van der Waals surface area contributed by atoms with E-state index in [1.165, 1.54) is 11.1 Å². The van der Waals surface area contributed by atoms with Crippen molar-refractivity contribution in [1.82, 2.24) is 4.90 Å². The van der Waals surface area contributed by atoms with Gasteiger partial charge >= 0.3 is 6.09 Å². The van der Waals surface area contributed by atoms with Gasteiger partial charge in [-0.1, -0.05) is 70.5 Å². The number of ether oxygens (including phenoxy) is 2. The molecule has 2 aliphatic heterocycles. The number of amides is 1. The highest BCUT2D eigenvalue weighted by Gasteiger charge is 2.39. The number of halogens is 1. The van der Waals surface area contributed by atoms with Crippen LogP contribution in [0, 0.1) is 0 Å². The Morgan fingerprint density at radius 2 is 1.88 bits per heavy atom. The molecule has 0 radical (unpaired) electrons. The molecule has 0 aromatic heterocycles. The number of benzene rings is 2. The van der Waals surface area contributed by atoms with Crippen LogP contribution in [0.25, 0.3) is 5.57 Å². The maximum Gasteiger partial charge on any atom is 0.411 e. The number of fused-ring (bicyclic) bond motifs is 2. The zero-order valence-corrected chi connectivity index (χ0v) is 15.9. The molecule has 2 aliphatic rings. The molecule has 134 valence electrons. The molecule has 0 saturated carbocycles. The van der Waals surface area contributed by atoms with Crippen LogP contribution >= 0.6 is 15.9 Å². The summed E-state index contributed by atoms with van der Waals surface area (Å²) >= 11 is 3.63. The van der Waals surface area contributed by atoms with Crippen LogP contribution in [0.3, 0.4) is 0 Å². The SMILES string of the molecule is O=C(OCc1ccccc1)N1C2C=C(c3ccccc3Br)CC1COC2. The van der Waals surface area contributed by atoms with E-state index in [4.69, 9.17) is 9.47 Å². The molecule has 5 heteroatoms. The molecule has 1 amide bonds. The highest BCUT2D eigenvalue weighted by atomic mass is 79.9. The number of carbonyl (C=O) groups is 1. The van der Waals surface area contributed by atoms with E-state index < -0.39 is 0 Å². The summed E-state index contributed by atoms with van der Waals surface area (Å²) in [4.78, 5) is 14.5. The summed E-state index contributed by atoms with van der Waals surface area (Å²) in [6.45, 7) is 1.33. The lowest BCUT2D eigenvalue weighted by molar-refractivity contribution is -0.0342. The Hall–Kier alpha value is -2.11. The van der Waals surface area contributed by atoms with Gasteiger partial charge in [0.25, 0.3) is 0 Å². The van der Waals surface area contributed by atoms with Gasteiger partial charge in [0.2, 0.25) is 0 Å². The Morgan fingerprint density at radius 3 is 2.65 bits per heavy atom. The molecule has 26 heavy (non-hydrogen) atoms. The van der Waals surface area contributed by atoms with Crippen LogP contribution in [0.4, 0.5) is 4.79 Å². The van der Waals surface area contributed by atoms with E-state index >= 15 is 0 Å². The average molecular weight is 414 g/mol. The third-order valence-corrected chi connectivity index (χ3v) is 5.53. The lowest BCUT2D eigenvalue weighted by Crippen LogP contribution is -2.56. The van der Waals surface area contributed by atoms with Crippen LogP contribution in [-0.2, 0) is 16.1 Å². The van der Waals surface area contributed by atoms with E-state index in [-0.39, 0.29) is 24.8 Å². The first kappa shape index (κ1) is 17.3. The Bertz CT molecular complexity index is 821. The first-order valence-corrected chi connectivity index (χ1v) is 9.54. The molecule has 0 spiro atoms. The van der Waals surface area contributed by atoms with Gasteiger partial charge in [0.05, 0.1) is 25.3 Å². The molecule has 2 atom stereocenters. The normalized spacial score (nSPS) is 21.9. The largest absolute Gasteiger partial charge is 0.445 e. The minimum atomic E-state index is -0.269. The van der Waals surface area contributed by atoms with Gasteiger partial charge in [0.15, 0.2) is 0 Å². The lowest BCUT2D eigenvalue weighted by Gasteiger charge is -2.43. The van der Waals surface area contributed by atoms with Crippen LogP contribution in [0.1, 0.15) is 17.5 Å². The smallest absolute Gasteiger partial charge is 0.411 e. The Morgan fingerprint density at radius 1 is 1.12 bits per heavy atom. The summed E-state index contributed by atoms with van der Waals surface area (Å²) in [5.41, 5.74) is 3.42. The van der Waals surface area contributed by atoms with E-state index in [1.54, 1.807) is 0 Å². The second kappa shape index (κ2) is 7.64. The van der Waals surface area contributed by atoms with Crippen molar-refractivity contribution in [3.8, 4) is 0 Å². The summed E-state index contributed by atoms with van der Waals surface area (Å²) < 4.78 is 12.3. The Kier molecular flexibility index (Phi) is 5.09. The zero-order chi connectivity index (χ0) is 17.9. The predicted octanol–water partition coefficient (Wildman–Crippen LogP) is 4.64. The minimum absolute atomic E-state index is 0.00382. The van der Waals surface area contributed by atoms with E-state index in [9.17, 15) is 4.79 Å². The third kappa shape index (κ3) is 3.55. The second-order valence-corrected chi connectivity index (χ2v) is 7.44. The Labute approximate surface area is 161 Å². The lowest BCUT2D eigenvalue weighted by atomic mass is 9.90. The fraction of sp³-hybridized carbons (Fsp3) is 0.286. The molecule has 2 aromatic rings. The van der Waals surface area contributed by atoms with Crippen LogP contribution in [0.5, 0.6) is 0 Å². The van der Waals surface area contributed by atoms with Crippen molar-refractivity contribution in [1.29, 1.82) is 0 Å². The number of nitrogens with zero attached hydrogens (tertiary/aromatic N) is 1. The van der Waals surface area contributed by atoms with Gasteiger partial charge in [-0.05, 0) is 29.2 Å². The molecule has 0 aliphatic carbocycles. The van der Waals surface area contributed by atoms with Gasteiger partial charge in [0, 0.05) is 4.47 Å². The van der Waals surface area contributed by atoms with Crippen molar-refractivity contribution < 1.29 is 14.3 Å². The van der Waals surface area contributed by atoms with Crippen molar-refractivity contribution in [3.63, 3.8) is 0 Å². The zero-order valence-electron chi connectivity index (χ0n) is 14.3. The van der Waals surface area contributed by atoms with Crippen LogP contribution < -0.4 is 0 Å². The molecule has 2 unspecified atom stereocenters. The van der Waals surface area contributed by atoms with Crippen molar-refractivity contribution in [3.05, 3.63) is 76.3 Å². The predicted molar refractivity (Wildman–Crippen MR) is 104 cm³/mol. The van der Waals surface area contributed by atoms with Crippen molar-refractivity contribution in [2.75, 3.05) is 13.2 Å². The number of hydrogen-bond donors (Lipinski definition) is 0. The van der Waals surface area contributed by atoms with Crippen LogP contribution in [0.2, 0.25) is 0 Å². The van der Waals surface area contributed by atoms with Gasteiger partial charge in [0.1, 0.15) is 6.61 Å². The van der Waals surface area contributed by atoms with E-state index in [0.29, 0.717) is 13.2 Å². The fourth-order valence-corrected chi connectivity index (χ4v) is 4.14. The van der Waals surface area contributed by atoms with Gasteiger partial charge in [-0.3, -0.25) is 4.90 Å². The summed E-state index contributed by atoms with van der Waals surface area (Å²) in [6.07, 6.45) is 2.63. The van der Waals surface area contributed by atoms with Crippen molar-refractivity contribution >= 4 is 27.6 Å². The molecule has 4 nitrogen and oxygen atoms in total. The molecule has 1 fully saturated rings. The van der Waals surface area contributed by atoms with E-state index in [0.717, 1.165) is 16.5 Å².